The standard InChI is InChI=1S/C16H21N3O2/c1-10-9-12(19(2)3)15-11(6-8-14(17)20)5-7-13(21-4)16(15)18-10/h5,7,9H,6,8H2,1-4H3,(H2,17,20). The van der Waals surface area contributed by atoms with Gasteiger partial charge in [0.15, 0.2) is 0 Å². The van der Waals surface area contributed by atoms with Gasteiger partial charge in [0.2, 0.25) is 5.91 Å². The van der Waals surface area contributed by atoms with Crippen LogP contribution < -0.4 is 15.4 Å². The van der Waals surface area contributed by atoms with Crippen molar-refractivity contribution in [3.05, 3.63) is 29.5 Å². The lowest BCUT2D eigenvalue weighted by molar-refractivity contribution is -0.117. The molecule has 112 valence electrons. The van der Waals surface area contributed by atoms with E-state index in [-0.39, 0.29) is 5.91 Å². The van der Waals surface area contributed by atoms with Gasteiger partial charge in [-0.3, -0.25) is 4.79 Å². The van der Waals surface area contributed by atoms with Crippen molar-refractivity contribution in [2.24, 2.45) is 5.73 Å². The Hall–Kier alpha value is -2.30. The van der Waals surface area contributed by atoms with Crippen LogP contribution in [-0.2, 0) is 11.2 Å². The van der Waals surface area contributed by atoms with E-state index in [4.69, 9.17) is 10.5 Å². The fourth-order valence-electron chi connectivity index (χ4n) is 2.47. The number of fused-ring (bicyclic) bond motifs is 1. The van der Waals surface area contributed by atoms with Crippen LogP contribution in [0.5, 0.6) is 5.75 Å². The SMILES string of the molecule is COc1ccc(CCC(N)=O)c2c(N(C)C)cc(C)nc12. The summed E-state index contributed by atoms with van der Waals surface area (Å²) in [6.45, 7) is 1.96. The number of pyridine rings is 1. The first kappa shape index (κ1) is 15.1. The predicted molar refractivity (Wildman–Crippen MR) is 84.9 cm³/mol. The third-order valence-corrected chi connectivity index (χ3v) is 3.46. The third-order valence-electron chi connectivity index (χ3n) is 3.46. The van der Waals surface area contributed by atoms with E-state index in [0.717, 1.165) is 33.6 Å². The van der Waals surface area contributed by atoms with Crippen LogP contribution in [0.2, 0.25) is 0 Å². The summed E-state index contributed by atoms with van der Waals surface area (Å²) < 4.78 is 5.43. The van der Waals surface area contributed by atoms with E-state index >= 15 is 0 Å². The normalized spacial score (nSPS) is 10.7. The van der Waals surface area contributed by atoms with Gasteiger partial charge in [0.05, 0.1) is 7.11 Å². The molecule has 0 bridgehead atoms. The zero-order valence-corrected chi connectivity index (χ0v) is 12.9. The van der Waals surface area contributed by atoms with E-state index in [1.165, 1.54) is 0 Å². The highest BCUT2D eigenvalue weighted by Gasteiger charge is 2.15. The van der Waals surface area contributed by atoms with Crippen molar-refractivity contribution in [3.8, 4) is 5.75 Å². The van der Waals surface area contributed by atoms with Crippen LogP contribution >= 0.6 is 0 Å². The van der Waals surface area contributed by atoms with Gasteiger partial charge in [-0.15, -0.1) is 0 Å². The van der Waals surface area contributed by atoms with Crippen LogP contribution in [0.25, 0.3) is 10.9 Å². The number of hydrogen-bond acceptors (Lipinski definition) is 4. The van der Waals surface area contributed by atoms with Crippen LogP contribution in [0.15, 0.2) is 18.2 Å². The molecule has 1 amide bonds. The predicted octanol–water partition coefficient (Wildman–Crippen LogP) is 2.04. The fourth-order valence-corrected chi connectivity index (χ4v) is 2.47. The summed E-state index contributed by atoms with van der Waals surface area (Å²) in [6.07, 6.45) is 0.920. The minimum atomic E-state index is -0.301. The van der Waals surface area contributed by atoms with Gasteiger partial charge in [-0.05, 0) is 31.0 Å². The van der Waals surface area contributed by atoms with Gasteiger partial charge < -0.3 is 15.4 Å². The summed E-state index contributed by atoms with van der Waals surface area (Å²) >= 11 is 0. The number of anilines is 1. The summed E-state index contributed by atoms with van der Waals surface area (Å²) in [7, 11) is 5.62. The second-order valence-corrected chi connectivity index (χ2v) is 5.29. The van der Waals surface area contributed by atoms with Gasteiger partial charge in [-0.25, -0.2) is 4.98 Å². The van der Waals surface area contributed by atoms with Crippen molar-refractivity contribution in [3.63, 3.8) is 0 Å². The Morgan fingerprint density at radius 2 is 2.10 bits per heavy atom. The average molecular weight is 287 g/mol. The van der Waals surface area contributed by atoms with Crippen molar-refractivity contribution in [2.45, 2.75) is 19.8 Å². The molecule has 0 aliphatic carbocycles. The van der Waals surface area contributed by atoms with Crippen molar-refractivity contribution < 1.29 is 9.53 Å². The Bertz CT molecular complexity index is 681. The number of rotatable bonds is 5. The summed E-state index contributed by atoms with van der Waals surface area (Å²) in [6, 6.07) is 5.91. The first-order valence-corrected chi connectivity index (χ1v) is 6.87. The number of amides is 1. The minimum Gasteiger partial charge on any atom is -0.494 e. The topological polar surface area (TPSA) is 68.5 Å². The van der Waals surface area contributed by atoms with Crippen LogP contribution in [0, 0.1) is 6.92 Å². The number of nitrogens with zero attached hydrogens (tertiary/aromatic N) is 2. The number of methoxy groups -OCH3 is 1. The molecule has 0 aliphatic heterocycles. The van der Waals surface area contributed by atoms with Gasteiger partial charge in [0.1, 0.15) is 11.3 Å². The molecule has 0 saturated heterocycles. The molecule has 0 aliphatic rings. The molecule has 2 rings (SSSR count). The molecular formula is C16H21N3O2. The summed E-state index contributed by atoms with van der Waals surface area (Å²) in [5.74, 6) is 0.435. The molecule has 5 nitrogen and oxygen atoms in total. The largest absolute Gasteiger partial charge is 0.494 e. The number of carbonyl (C=O) groups excluding carboxylic acids is 1. The highest BCUT2D eigenvalue weighted by molar-refractivity contribution is 5.98. The monoisotopic (exact) mass is 287 g/mol. The van der Waals surface area contributed by atoms with Crippen LogP contribution in [-0.4, -0.2) is 32.1 Å². The number of primary amides is 1. The van der Waals surface area contributed by atoms with Crippen molar-refractivity contribution in [1.82, 2.24) is 4.98 Å². The smallest absolute Gasteiger partial charge is 0.217 e. The molecule has 0 fully saturated rings. The lowest BCUT2D eigenvalue weighted by Crippen LogP contribution is -2.13. The zero-order valence-electron chi connectivity index (χ0n) is 12.9. The number of nitrogens with two attached hydrogens (primary N) is 1. The van der Waals surface area contributed by atoms with Gasteiger partial charge in [0, 0.05) is 37.3 Å². The molecule has 0 radical (unpaired) electrons. The maximum Gasteiger partial charge on any atom is 0.217 e. The molecule has 0 atom stereocenters. The molecule has 1 aromatic heterocycles. The van der Waals surface area contributed by atoms with Crippen molar-refractivity contribution >= 4 is 22.5 Å². The summed E-state index contributed by atoms with van der Waals surface area (Å²) in [4.78, 5) is 17.7. The van der Waals surface area contributed by atoms with Gasteiger partial charge in [0.25, 0.3) is 0 Å². The Labute approximate surface area is 124 Å². The number of carbonyl (C=O) groups is 1. The molecule has 2 N–H and O–H groups in total. The second kappa shape index (κ2) is 5.99. The molecular weight excluding hydrogens is 266 g/mol. The number of hydrogen-bond donors (Lipinski definition) is 1. The fraction of sp³-hybridized carbons (Fsp3) is 0.375. The molecule has 0 saturated carbocycles. The van der Waals surface area contributed by atoms with E-state index in [0.29, 0.717) is 12.8 Å². The average Bonchev–Trinajstić information content (AvgIpc) is 2.43. The number of aromatic nitrogens is 1. The van der Waals surface area contributed by atoms with Crippen molar-refractivity contribution in [2.75, 3.05) is 26.1 Å². The Morgan fingerprint density at radius 1 is 1.38 bits per heavy atom. The van der Waals surface area contributed by atoms with Crippen LogP contribution in [0.1, 0.15) is 17.7 Å². The van der Waals surface area contributed by atoms with Gasteiger partial charge in [-0.2, -0.15) is 0 Å². The van der Waals surface area contributed by atoms with E-state index in [1.54, 1.807) is 7.11 Å². The molecule has 2 aromatic rings. The first-order valence-electron chi connectivity index (χ1n) is 6.87. The number of benzene rings is 1. The Kier molecular flexibility index (Phi) is 4.31. The summed E-state index contributed by atoms with van der Waals surface area (Å²) in [5.41, 5.74) is 9.14. The molecule has 5 heteroatoms. The van der Waals surface area contributed by atoms with Crippen molar-refractivity contribution in [1.29, 1.82) is 0 Å². The quantitative estimate of drug-likeness (QED) is 0.913. The molecule has 0 unspecified atom stereocenters. The van der Waals surface area contributed by atoms with E-state index in [9.17, 15) is 4.79 Å². The maximum atomic E-state index is 11.1. The van der Waals surface area contributed by atoms with Gasteiger partial charge >= 0.3 is 0 Å². The molecule has 1 heterocycles. The lowest BCUT2D eigenvalue weighted by atomic mass is 10.0. The molecule has 0 spiro atoms. The second-order valence-electron chi connectivity index (χ2n) is 5.29. The Balaban J connectivity index is 2.72. The van der Waals surface area contributed by atoms with Gasteiger partial charge in [-0.1, -0.05) is 6.07 Å². The number of ether oxygens (including phenoxy) is 1. The highest BCUT2D eigenvalue weighted by Crippen LogP contribution is 2.34. The van der Waals surface area contributed by atoms with Crippen LogP contribution in [0.4, 0.5) is 5.69 Å². The first-order chi connectivity index (χ1) is 9.93. The van der Waals surface area contributed by atoms with E-state index in [1.807, 2.05) is 44.1 Å². The van der Waals surface area contributed by atoms with E-state index in [2.05, 4.69) is 4.98 Å². The minimum absolute atomic E-state index is 0.301. The molecule has 21 heavy (non-hydrogen) atoms. The van der Waals surface area contributed by atoms with Crippen LogP contribution in [0.3, 0.4) is 0 Å². The molecule has 1 aromatic carbocycles. The maximum absolute atomic E-state index is 11.1. The summed E-state index contributed by atoms with van der Waals surface area (Å²) in [5, 5.41) is 1.02. The van der Waals surface area contributed by atoms with E-state index < -0.39 is 0 Å². The third kappa shape index (κ3) is 3.07. The Morgan fingerprint density at radius 3 is 2.67 bits per heavy atom. The highest BCUT2D eigenvalue weighted by atomic mass is 16.5. The lowest BCUT2D eigenvalue weighted by Gasteiger charge is -2.19. The zero-order chi connectivity index (χ0) is 15.6. The number of aryl methyl sites for hydroxylation is 2.